The Balaban J connectivity index is 3.59. The van der Waals surface area contributed by atoms with Crippen LogP contribution < -0.4 is 4.74 Å². The summed E-state index contributed by atoms with van der Waals surface area (Å²) in [4.78, 5) is 22.4. The molecule has 7 nitrogen and oxygen atoms in total. The summed E-state index contributed by atoms with van der Waals surface area (Å²) in [7, 11) is 0. The highest BCUT2D eigenvalue weighted by Gasteiger charge is 2.39. The second-order valence-electron chi connectivity index (χ2n) is 3.16. The number of hydrogen-bond donors (Lipinski definition) is 1. The largest absolute Gasteiger partial charge is 0.575 e. The van der Waals surface area contributed by atoms with Gasteiger partial charge in [0.2, 0.25) is 0 Å². The Morgan fingerprint density at radius 1 is 1.45 bits per heavy atom. The van der Waals surface area contributed by atoms with E-state index in [1.165, 1.54) is 0 Å². The molecule has 0 aliphatic heterocycles. The minimum atomic E-state index is -5.47. The van der Waals surface area contributed by atoms with E-state index in [0.717, 1.165) is 0 Å². The van der Waals surface area contributed by atoms with Crippen molar-refractivity contribution in [3.8, 4) is 5.88 Å². The molecule has 0 fully saturated rings. The van der Waals surface area contributed by atoms with Gasteiger partial charge in [-0.2, -0.15) is 0 Å². The van der Waals surface area contributed by atoms with Crippen molar-refractivity contribution >= 4 is 11.8 Å². The molecule has 110 valence electrons. The van der Waals surface area contributed by atoms with Crippen LogP contribution in [-0.4, -0.2) is 27.3 Å². The van der Waals surface area contributed by atoms with Gasteiger partial charge in [0, 0.05) is 4.98 Å². The van der Waals surface area contributed by atoms with Crippen LogP contribution >= 0.6 is 0 Å². The number of aromatic nitrogens is 1. The predicted octanol–water partition coefficient (Wildman–Crippen LogP) is 2.52. The highest BCUT2D eigenvalue weighted by Crippen LogP contribution is 2.36. The van der Waals surface area contributed by atoms with Crippen molar-refractivity contribution in [3.05, 3.63) is 27.3 Å². The maximum Gasteiger partial charge on any atom is 0.575 e. The Bertz CT molecular complexity index is 559. The van der Waals surface area contributed by atoms with Crippen molar-refractivity contribution < 1.29 is 41.5 Å². The fourth-order valence-electron chi connectivity index (χ4n) is 1.19. The number of ether oxygens (including phenoxy) is 1. The van der Waals surface area contributed by atoms with Gasteiger partial charge in [0.25, 0.3) is 6.43 Å². The first-order chi connectivity index (χ1) is 9.03. The molecular formula is C8H3F5N2O5. The molecule has 0 aromatic carbocycles. The van der Waals surface area contributed by atoms with Crippen molar-refractivity contribution in [2.75, 3.05) is 0 Å². The zero-order valence-corrected chi connectivity index (χ0v) is 9.02. The lowest BCUT2D eigenvalue weighted by Crippen LogP contribution is -2.21. The number of halogens is 5. The fourth-order valence-corrected chi connectivity index (χ4v) is 1.19. The zero-order chi connectivity index (χ0) is 15.7. The third-order valence-electron chi connectivity index (χ3n) is 1.86. The third-order valence-corrected chi connectivity index (χ3v) is 1.86. The molecule has 0 bridgehead atoms. The molecule has 0 saturated heterocycles. The number of hydrogen-bond acceptors (Lipinski definition) is 5. The molecule has 0 radical (unpaired) electrons. The first-order valence-corrected chi connectivity index (χ1v) is 4.49. The summed E-state index contributed by atoms with van der Waals surface area (Å²) >= 11 is 0. The molecule has 0 unspecified atom stereocenters. The van der Waals surface area contributed by atoms with Crippen LogP contribution in [-0.2, 0) is 0 Å². The van der Waals surface area contributed by atoms with Crippen molar-refractivity contribution in [2.45, 2.75) is 12.8 Å². The SMILES string of the molecule is O=C(O)c1cc([N+](=O)[O-])nc(OC(F)(F)F)c1C(F)F. The topological polar surface area (TPSA) is 103 Å². The highest BCUT2D eigenvalue weighted by atomic mass is 19.4. The molecule has 0 atom stereocenters. The van der Waals surface area contributed by atoms with Crippen LogP contribution in [0.4, 0.5) is 27.8 Å². The molecule has 1 aromatic heterocycles. The number of aromatic carboxylic acids is 1. The number of rotatable bonds is 4. The fraction of sp³-hybridized carbons (Fsp3) is 0.250. The van der Waals surface area contributed by atoms with Gasteiger partial charge in [-0.15, -0.1) is 13.2 Å². The summed E-state index contributed by atoms with van der Waals surface area (Å²) in [6, 6.07) is 0.118. The van der Waals surface area contributed by atoms with Crippen LogP contribution in [0.2, 0.25) is 0 Å². The second kappa shape index (κ2) is 5.22. The smallest absolute Gasteiger partial charge is 0.478 e. The molecule has 1 heterocycles. The molecular weight excluding hydrogens is 299 g/mol. The number of alkyl halides is 5. The Labute approximate surface area is 105 Å². The number of pyridine rings is 1. The van der Waals surface area contributed by atoms with E-state index in [1.54, 1.807) is 0 Å². The van der Waals surface area contributed by atoms with E-state index in [9.17, 15) is 36.9 Å². The van der Waals surface area contributed by atoms with Gasteiger partial charge in [-0.1, -0.05) is 0 Å². The molecule has 0 amide bonds. The zero-order valence-electron chi connectivity index (χ0n) is 9.02. The minimum absolute atomic E-state index is 0.118. The Morgan fingerprint density at radius 3 is 2.35 bits per heavy atom. The Hall–Kier alpha value is -2.53. The van der Waals surface area contributed by atoms with Gasteiger partial charge in [-0.05, 0) is 4.92 Å². The Kier molecular flexibility index (Phi) is 4.06. The molecule has 1 aromatic rings. The lowest BCUT2D eigenvalue weighted by atomic mass is 10.1. The molecule has 1 rings (SSSR count). The summed E-state index contributed by atoms with van der Waals surface area (Å²) in [5.74, 6) is -5.33. The van der Waals surface area contributed by atoms with Gasteiger partial charge in [0.05, 0.1) is 11.6 Å². The van der Waals surface area contributed by atoms with Gasteiger partial charge in [-0.3, -0.25) is 0 Å². The van der Waals surface area contributed by atoms with Crippen molar-refractivity contribution in [1.82, 2.24) is 4.98 Å². The second-order valence-corrected chi connectivity index (χ2v) is 3.16. The summed E-state index contributed by atoms with van der Waals surface area (Å²) in [5, 5.41) is 19.0. The molecule has 0 aliphatic carbocycles. The van der Waals surface area contributed by atoms with E-state index in [-0.39, 0.29) is 6.07 Å². The van der Waals surface area contributed by atoms with Crippen LogP contribution in [0.1, 0.15) is 22.3 Å². The first-order valence-electron chi connectivity index (χ1n) is 4.49. The summed E-state index contributed by atoms with van der Waals surface area (Å²) in [5.41, 5.74) is -3.10. The monoisotopic (exact) mass is 302 g/mol. The van der Waals surface area contributed by atoms with Crippen LogP contribution in [0, 0.1) is 10.1 Å². The van der Waals surface area contributed by atoms with E-state index in [4.69, 9.17) is 5.11 Å². The number of nitrogens with zero attached hydrogens (tertiary/aromatic N) is 2. The highest BCUT2D eigenvalue weighted by molar-refractivity contribution is 5.90. The van der Waals surface area contributed by atoms with Gasteiger partial charge < -0.3 is 20.0 Å². The average molecular weight is 302 g/mol. The van der Waals surface area contributed by atoms with E-state index in [1.807, 2.05) is 0 Å². The van der Waals surface area contributed by atoms with Gasteiger partial charge in [-0.25, -0.2) is 13.6 Å². The van der Waals surface area contributed by atoms with Crippen molar-refractivity contribution in [1.29, 1.82) is 0 Å². The molecule has 12 heteroatoms. The van der Waals surface area contributed by atoms with Gasteiger partial charge in [0.15, 0.2) is 0 Å². The summed E-state index contributed by atoms with van der Waals surface area (Å²) in [6.07, 6.45) is -9.16. The number of carbonyl (C=O) groups is 1. The molecule has 20 heavy (non-hydrogen) atoms. The van der Waals surface area contributed by atoms with Crippen LogP contribution in [0.25, 0.3) is 0 Å². The van der Waals surface area contributed by atoms with Crippen molar-refractivity contribution in [2.24, 2.45) is 0 Å². The summed E-state index contributed by atoms with van der Waals surface area (Å²) < 4.78 is 64.5. The predicted molar refractivity (Wildman–Crippen MR) is 49.5 cm³/mol. The number of carboxylic acid groups (broad SMARTS) is 1. The number of carboxylic acids is 1. The average Bonchev–Trinajstić information content (AvgIpc) is 2.24. The first kappa shape index (κ1) is 15.5. The van der Waals surface area contributed by atoms with Crippen LogP contribution in [0.3, 0.4) is 0 Å². The van der Waals surface area contributed by atoms with Gasteiger partial charge in [0.1, 0.15) is 5.56 Å². The van der Waals surface area contributed by atoms with Crippen LogP contribution in [0.5, 0.6) is 5.88 Å². The third kappa shape index (κ3) is 3.49. The van der Waals surface area contributed by atoms with E-state index >= 15 is 0 Å². The van der Waals surface area contributed by atoms with E-state index in [0.29, 0.717) is 0 Å². The minimum Gasteiger partial charge on any atom is -0.478 e. The lowest BCUT2D eigenvalue weighted by molar-refractivity contribution is -0.390. The van der Waals surface area contributed by atoms with E-state index < -0.39 is 46.5 Å². The quantitative estimate of drug-likeness (QED) is 0.521. The molecule has 0 spiro atoms. The lowest BCUT2D eigenvalue weighted by Gasteiger charge is -2.10. The molecule has 0 aliphatic rings. The standard InChI is InChI=1S/C8H3F5N2O5/c9-5(10)4-2(7(16)17)1-3(15(18)19)14-6(4)20-8(11,12)13/h1,5H,(H,16,17). The van der Waals surface area contributed by atoms with Gasteiger partial charge >= 0.3 is 24.0 Å². The molecule has 0 saturated carbocycles. The maximum atomic E-state index is 12.6. The number of nitro groups is 1. The Morgan fingerprint density at radius 2 is 2.00 bits per heavy atom. The maximum absolute atomic E-state index is 12.6. The van der Waals surface area contributed by atoms with E-state index in [2.05, 4.69) is 9.72 Å². The van der Waals surface area contributed by atoms with Crippen LogP contribution in [0.15, 0.2) is 6.07 Å². The summed E-state index contributed by atoms with van der Waals surface area (Å²) in [6.45, 7) is 0. The normalized spacial score (nSPS) is 11.5. The molecule has 1 N–H and O–H groups in total. The van der Waals surface area contributed by atoms with Crippen molar-refractivity contribution in [3.63, 3.8) is 0 Å².